The van der Waals surface area contributed by atoms with Crippen LogP contribution in [0.1, 0.15) is 17.3 Å². The molecule has 0 aliphatic heterocycles. The van der Waals surface area contributed by atoms with Crippen LogP contribution < -0.4 is 0 Å². The summed E-state index contributed by atoms with van der Waals surface area (Å²) in [6.45, 7) is 2.07. The van der Waals surface area contributed by atoms with Crippen LogP contribution in [0.4, 0.5) is 4.39 Å². The molecule has 0 unspecified atom stereocenters. The van der Waals surface area contributed by atoms with E-state index in [-0.39, 0.29) is 11.8 Å². The lowest BCUT2D eigenvalue weighted by Crippen LogP contribution is -2.06. The lowest BCUT2D eigenvalue weighted by Gasteiger charge is -2.04. The number of halogens is 1. The van der Waals surface area contributed by atoms with E-state index in [9.17, 15) is 9.18 Å². The number of benzene rings is 2. The second-order valence-corrected chi connectivity index (χ2v) is 4.80. The number of hydrogen-bond acceptors (Lipinski definition) is 4. The smallest absolute Gasteiger partial charge is 0.338 e. The summed E-state index contributed by atoms with van der Waals surface area (Å²) in [4.78, 5) is 13.2. The molecule has 0 aliphatic carbocycles. The second kappa shape index (κ2) is 6.39. The van der Waals surface area contributed by atoms with Crippen molar-refractivity contribution < 1.29 is 13.9 Å². The predicted octanol–water partition coefficient (Wildman–Crippen LogP) is 3.25. The fraction of sp³-hybridized carbons (Fsp3) is 0.118. The minimum absolute atomic E-state index is 0.303. The van der Waals surface area contributed by atoms with Crippen LogP contribution in [-0.4, -0.2) is 27.6 Å². The zero-order valence-electron chi connectivity index (χ0n) is 12.4. The van der Waals surface area contributed by atoms with Gasteiger partial charge in [-0.1, -0.05) is 6.07 Å². The quantitative estimate of drug-likeness (QED) is 0.694. The normalized spacial score (nSPS) is 10.5. The predicted molar refractivity (Wildman–Crippen MR) is 82.7 cm³/mol. The molecular formula is C17H14FN3O2. The summed E-state index contributed by atoms with van der Waals surface area (Å²) in [6.07, 6.45) is 1.59. The number of aromatic nitrogens is 3. The average molecular weight is 311 g/mol. The van der Waals surface area contributed by atoms with Crippen molar-refractivity contribution in [2.24, 2.45) is 0 Å². The summed E-state index contributed by atoms with van der Waals surface area (Å²) in [5.74, 6) is -0.691. The van der Waals surface area contributed by atoms with Gasteiger partial charge in [-0.15, -0.1) is 5.10 Å². The van der Waals surface area contributed by atoms with Gasteiger partial charge in [-0.2, -0.15) is 9.90 Å². The van der Waals surface area contributed by atoms with Gasteiger partial charge >= 0.3 is 5.97 Å². The summed E-state index contributed by atoms with van der Waals surface area (Å²) in [6, 6.07) is 12.9. The molecule has 0 fully saturated rings. The average Bonchev–Trinajstić information content (AvgIpc) is 3.06. The minimum atomic E-state index is -0.389. The molecule has 6 heteroatoms. The fourth-order valence-electron chi connectivity index (χ4n) is 2.11. The summed E-state index contributed by atoms with van der Waals surface area (Å²) in [5, 5.41) is 8.55. The van der Waals surface area contributed by atoms with Gasteiger partial charge in [0.05, 0.1) is 24.1 Å². The first-order valence-electron chi connectivity index (χ1n) is 7.13. The number of nitrogens with zero attached hydrogens (tertiary/aromatic N) is 3. The van der Waals surface area contributed by atoms with E-state index in [1.807, 2.05) is 0 Å². The van der Waals surface area contributed by atoms with Gasteiger partial charge in [-0.05, 0) is 49.4 Å². The summed E-state index contributed by atoms with van der Waals surface area (Å²) in [5.41, 5.74) is 2.46. The van der Waals surface area contributed by atoms with Gasteiger partial charge in [0.25, 0.3) is 0 Å². The SMILES string of the molecule is CCOC(=O)c1cccc(-n2ncc(-c3ccc(F)cc3)n2)c1. The first kappa shape index (κ1) is 14.9. The Hall–Kier alpha value is -3.02. The van der Waals surface area contributed by atoms with Gasteiger partial charge in [0, 0.05) is 5.56 Å². The molecule has 0 amide bonds. The van der Waals surface area contributed by atoms with Gasteiger partial charge in [0.15, 0.2) is 0 Å². The van der Waals surface area contributed by atoms with Crippen molar-refractivity contribution in [1.82, 2.24) is 15.0 Å². The Labute approximate surface area is 132 Å². The molecule has 2 aromatic carbocycles. The van der Waals surface area contributed by atoms with E-state index >= 15 is 0 Å². The molecule has 0 saturated heterocycles. The Balaban J connectivity index is 1.90. The standard InChI is InChI=1S/C17H14FN3O2/c1-2-23-17(22)13-4-3-5-15(10-13)21-19-11-16(20-21)12-6-8-14(18)9-7-12/h3-11H,2H2,1H3. The summed E-state index contributed by atoms with van der Waals surface area (Å²) in [7, 11) is 0. The first-order valence-corrected chi connectivity index (χ1v) is 7.13. The largest absolute Gasteiger partial charge is 0.462 e. The number of carbonyl (C=O) groups excluding carboxylic acids is 1. The van der Waals surface area contributed by atoms with Gasteiger partial charge < -0.3 is 4.74 Å². The highest BCUT2D eigenvalue weighted by Crippen LogP contribution is 2.18. The third-order valence-electron chi connectivity index (χ3n) is 3.22. The van der Waals surface area contributed by atoms with Crippen molar-refractivity contribution in [3.63, 3.8) is 0 Å². The molecular weight excluding hydrogens is 297 g/mol. The topological polar surface area (TPSA) is 57.0 Å². The number of esters is 1. The maximum Gasteiger partial charge on any atom is 0.338 e. The van der Waals surface area contributed by atoms with Crippen LogP contribution in [0.2, 0.25) is 0 Å². The summed E-state index contributed by atoms with van der Waals surface area (Å²) >= 11 is 0. The van der Waals surface area contributed by atoms with E-state index in [4.69, 9.17) is 4.74 Å². The molecule has 0 bridgehead atoms. The van der Waals surface area contributed by atoms with Crippen LogP contribution >= 0.6 is 0 Å². The van der Waals surface area contributed by atoms with E-state index in [2.05, 4.69) is 10.2 Å². The van der Waals surface area contributed by atoms with E-state index in [1.54, 1.807) is 49.5 Å². The second-order valence-electron chi connectivity index (χ2n) is 4.80. The van der Waals surface area contributed by atoms with Crippen molar-refractivity contribution in [3.05, 3.63) is 66.1 Å². The zero-order valence-corrected chi connectivity index (χ0v) is 12.4. The van der Waals surface area contributed by atoms with Crippen molar-refractivity contribution in [1.29, 1.82) is 0 Å². The van der Waals surface area contributed by atoms with Crippen LogP contribution in [0.3, 0.4) is 0 Å². The molecule has 1 heterocycles. The van der Waals surface area contributed by atoms with Crippen LogP contribution in [0.15, 0.2) is 54.7 Å². The van der Waals surface area contributed by atoms with Crippen molar-refractivity contribution in [3.8, 4) is 16.9 Å². The van der Waals surface area contributed by atoms with Crippen molar-refractivity contribution in [2.45, 2.75) is 6.92 Å². The van der Waals surface area contributed by atoms with E-state index in [0.29, 0.717) is 23.6 Å². The molecule has 0 N–H and O–H groups in total. The minimum Gasteiger partial charge on any atom is -0.462 e. The maximum atomic E-state index is 13.0. The molecule has 23 heavy (non-hydrogen) atoms. The number of ether oxygens (including phenoxy) is 1. The van der Waals surface area contributed by atoms with E-state index in [0.717, 1.165) is 5.56 Å². The number of rotatable bonds is 4. The van der Waals surface area contributed by atoms with E-state index < -0.39 is 0 Å². The molecule has 0 spiro atoms. The highest BCUT2D eigenvalue weighted by atomic mass is 19.1. The number of carbonyl (C=O) groups is 1. The zero-order chi connectivity index (χ0) is 16.2. The van der Waals surface area contributed by atoms with Gasteiger partial charge in [-0.3, -0.25) is 0 Å². The summed E-state index contributed by atoms with van der Waals surface area (Å²) < 4.78 is 18.0. The lowest BCUT2D eigenvalue weighted by atomic mass is 10.2. The van der Waals surface area contributed by atoms with Gasteiger partial charge in [0.1, 0.15) is 11.5 Å². The Bertz CT molecular complexity index is 828. The lowest BCUT2D eigenvalue weighted by molar-refractivity contribution is 0.0526. The van der Waals surface area contributed by atoms with Crippen LogP contribution in [0.25, 0.3) is 16.9 Å². The molecule has 3 rings (SSSR count). The Morgan fingerprint density at radius 3 is 2.74 bits per heavy atom. The molecule has 5 nitrogen and oxygen atoms in total. The molecule has 1 aromatic heterocycles. The third-order valence-corrected chi connectivity index (χ3v) is 3.22. The third kappa shape index (κ3) is 3.26. The van der Waals surface area contributed by atoms with Gasteiger partial charge in [-0.25, -0.2) is 9.18 Å². The molecule has 0 aliphatic rings. The highest BCUT2D eigenvalue weighted by Gasteiger charge is 2.10. The molecule has 116 valence electrons. The van der Waals surface area contributed by atoms with Crippen LogP contribution in [0, 0.1) is 5.82 Å². The molecule has 0 atom stereocenters. The number of hydrogen-bond donors (Lipinski definition) is 0. The van der Waals surface area contributed by atoms with E-state index in [1.165, 1.54) is 16.9 Å². The van der Waals surface area contributed by atoms with Crippen LogP contribution in [-0.2, 0) is 4.74 Å². The molecule has 3 aromatic rings. The molecule has 0 radical (unpaired) electrons. The first-order chi connectivity index (χ1) is 11.2. The Morgan fingerprint density at radius 1 is 1.22 bits per heavy atom. The van der Waals surface area contributed by atoms with Crippen LogP contribution in [0.5, 0.6) is 0 Å². The molecule has 0 saturated carbocycles. The fourth-order valence-corrected chi connectivity index (χ4v) is 2.11. The monoisotopic (exact) mass is 311 g/mol. The van der Waals surface area contributed by atoms with Gasteiger partial charge in [0.2, 0.25) is 0 Å². The Kier molecular flexibility index (Phi) is 4.14. The van der Waals surface area contributed by atoms with Crippen molar-refractivity contribution in [2.75, 3.05) is 6.61 Å². The Morgan fingerprint density at radius 2 is 2.00 bits per heavy atom. The maximum absolute atomic E-state index is 13.0. The van der Waals surface area contributed by atoms with Crippen molar-refractivity contribution >= 4 is 5.97 Å². The highest BCUT2D eigenvalue weighted by molar-refractivity contribution is 5.90.